The van der Waals surface area contributed by atoms with Crippen LogP contribution in [0.5, 0.6) is 0 Å². The number of rotatable bonds is 5. The summed E-state index contributed by atoms with van der Waals surface area (Å²) >= 11 is 0. The molecule has 0 unspecified atom stereocenters. The molecular formula is C16H16FNO2. The van der Waals surface area contributed by atoms with Gasteiger partial charge in [-0.2, -0.15) is 0 Å². The third-order valence-electron chi connectivity index (χ3n) is 3.16. The molecule has 2 aromatic carbocycles. The van der Waals surface area contributed by atoms with Crippen molar-refractivity contribution in [2.45, 2.75) is 13.5 Å². The Morgan fingerprint density at radius 2 is 1.95 bits per heavy atom. The first-order valence-electron chi connectivity index (χ1n) is 6.43. The fraction of sp³-hybridized carbons (Fsp3) is 0.188. The molecular weight excluding hydrogens is 257 g/mol. The normalized spacial score (nSPS) is 10.3. The SMILES string of the molecule is CCN(Cc1ccccc1C(=O)O)c1cccc(F)c1. The summed E-state index contributed by atoms with van der Waals surface area (Å²) in [5.41, 5.74) is 1.74. The molecule has 4 heteroatoms. The second-order valence-corrected chi connectivity index (χ2v) is 4.46. The van der Waals surface area contributed by atoms with Crippen LogP contribution in [0, 0.1) is 5.82 Å². The number of nitrogens with zero attached hydrogens (tertiary/aromatic N) is 1. The minimum absolute atomic E-state index is 0.280. The number of carboxylic acids is 1. The van der Waals surface area contributed by atoms with E-state index in [4.69, 9.17) is 0 Å². The molecule has 0 aliphatic rings. The fourth-order valence-corrected chi connectivity index (χ4v) is 2.13. The molecule has 0 spiro atoms. The van der Waals surface area contributed by atoms with Gasteiger partial charge in [0.2, 0.25) is 0 Å². The van der Waals surface area contributed by atoms with Crippen molar-refractivity contribution in [1.82, 2.24) is 0 Å². The molecule has 0 heterocycles. The second kappa shape index (κ2) is 6.19. The van der Waals surface area contributed by atoms with Gasteiger partial charge in [-0.25, -0.2) is 9.18 Å². The van der Waals surface area contributed by atoms with Crippen LogP contribution >= 0.6 is 0 Å². The fourth-order valence-electron chi connectivity index (χ4n) is 2.13. The van der Waals surface area contributed by atoms with Crippen LogP contribution in [0.25, 0.3) is 0 Å². The molecule has 0 aliphatic heterocycles. The Morgan fingerprint density at radius 1 is 1.20 bits per heavy atom. The van der Waals surface area contributed by atoms with Gasteiger partial charge in [-0.3, -0.25) is 0 Å². The molecule has 2 rings (SSSR count). The van der Waals surface area contributed by atoms with E-state index in [1.165, 1.54) is 12.1 Å². The van der Waals surface area contributed by atoms with Crippen molar-refractivity contribution >= 4 is 11.7 Å². The highest BCUT2D eigenvalue weighted by Crippen LogP contribution is 2.20. The van der Waals surface area contributed by atoms with E-state index in [0.717, 1.165) is 5.69 Å². The molecule has 1 N–H and O–H groups in total. The zero-order valence-corrected chi connectivity index (χ0v) is 11.2. The molecule has 0 fully saturated rings. The van der Waals surface area contributed by atoms with Crippen molar-refractivity contribution in [3.05, 3.63) is 65.5 Å². The van der Waals surface area contributed by atoms with Gasteiger partial charge in [0, 0.05) is 18.8 Å². The van der Waals surface area contributed by atoms with E-state index >= 15 is 0 Å². The lowest BCUT2D eigenvalue weighted by atomic mass is 10.1. The lowest BCUT2D eigenvalue weighted by Crippen LogP contribution is -2.23. The Morgan fingerprint density at radius 3 is 2.60 bits per heavy atom. The molecule has 104 valence electrons. The number of carboxylic acid groups (broad SMARTS) is 1. The largest absolute Gasteiger partial charge is 0.478 e. The Balaban J connectivity index is 2.29. The summed E-state index contributed by atoms with van der Waals surface area (Å²) in [4.78, 5) is 13.1. The highest BCUT2D eigenvalue weighted by atomic mass is 19.1. The van der Waals surface area contributed by atoms with E-state index in [1.54, 1.807) is 30.3 Å². The monoisotopic (exact) mass is 273 g/mol. The Labute approximate surface area is 117 Å². The maximum Gasteiger partial charge on any atom is 0.336 e. The number of anilines is 1. The summed E-state index contributed by atoms with van der Waals surface area (Å²) in [6.45, 7) is 3.05. The third-order valence-corrected chi connectivity index (χ3v) is 3.16. The lowest BCUT2D eigenvalue weighted by molar-refractivity contribution is 0.0695. The van der Waals surface area contributed by atoms with Crippen LogP contribution in [0.15, 0.2) is 48.5 Å². The minimum atomic E-state index is -0.948. The van der Waals surface area contributed by atoms with Crippen molar-refractivity contribution in [3.8, 4) is 0 Å². The molecule has 0 aromatic heterocycles. The van der Waals surface area contributed by atoms with Gasteiger partial charge in [-0.15, -0.1) is 0 Å². The van der Waals surface area contributed by atoms with E-state index in [-0.39, 0.29) is 11.4 Å². The quantitative estimate of drug-likeness (QED) is 0.905. The number of aromatic carboxylic acids is 1. The maximum atomic E-state index is 13.3. The van der Waals surface area contributed by atoms with E-state index in [1.807, 2.05) is 17.9 Å². The van der Waals surface area contributed by atoms with E-state index < -0.39 is 5.97 Å². The molecule has 20 heavy (non-hydrogen) atoms. The van der Waals surface area contributed by atoms with Crippen LogP contribution in [-0.4, -0.2) is 17.6 Å². The number of benzene rings is 2. The zero-order valence-electron chi connectivity index (χ0n) is 11.2. The van der Waals surface area contributed by atoms with Crippen LogP contribution in [0.2, 0.25) is 0 Å². The van der Waals surface area contributed by atoms with Crippen LogP contribution in [0.3, 0.4) is 0 Å². The van der Waals surface area contributed by atoms with Crippen LogP contribution < -0.4 is 4.90 Å². The summed E-state index contributed by atoms with van der Waals surface area (Å²) in [5.74, 6) is -1.25. The van der Waals surface area contributed by atoms with Crippen molar-refractivity contribution in [3.63, 3.8) is 0 Å². The predicted molar refractivity (Wildman–Crippen MR) is 76.5 cm³/mol. The Kier molecular flexibility index (Phi) is 4.35. The summed E-state index contributed by atoms with van der Waals surface area (Å²) in [6, 6.07) is 13.2. The number of carbonyl (C=O) groups is 1. The average molecular weight is 273 g/mol. The number of hydrogen-bond donors (Lipinski definition) is 1. The first kappa shape index (κ1) is 14.1. The van der Waals surface area contributed by atoms with E-state index in [0.29, 0.717) is 18.7 Å². The number of halogens is 1. The molecule has 0 saturated carbocycles. The summed E-state index contributed by atoms with van der Waals surface area (Å²) in [7, 11) is 0. The van der Waals surface area contributed by atoms with Crippen molar-refractivity contribution in [2.75, 3.05) is 11.4 Å². The molecule has 3 nitrogen and oxygen atoms in total. The molecule has 0 atom stereocenters. The number of hydrogen-bond acceptors (Lipinski definition) is 2. The predicted octanol–water partition coefficient (Wildman–Crippen LogP) is 3.55. The lowest BCUT2D eigenvalue weighted by Gasteiger charge is -2.24. The minimum Gasteiger partial charge on any atom is -0.478 e. The highest BCUT2D eigenvalue weighted by Gasteiger charge is 2.12. The molecule has 0 aliphatic carbocycles. The van der Waals surface area contributed by atoms with Crippen LogP contribution in [-0.2, 0) is 6.54 Å². The molecule has 0 saturated heterocycles. The van der Waals surface area contributed by atoms with Crippen LogP contribution in [0.4, 0.5) is 10.1 Å². The summed E-state index contributed by atoms with van der Waals surface area (Å²) < 4.78 is 13.3. The van der Waals surface area contributed by atoms with E-state index in [2.05, 4.69) is 0 Å². The topological polar surface area (TPSA) is 40.5 Å². The maximum absolute atomic E-state index is 13.3. The second-order valence-electron chi connectivity index (χ2n) is 4.46. The van der Waals surface area contributed by atoms with Gasteiger partial charge in [0.1, 0.15) is 5.82 Å². The van der Waals surface area contributed by atoms with Gasteiger partial charge in [0.05, 0.1) is 5.56 Å². The molecule has 2 aromatic rings. The van der Waals surface area contributed by atoms with Gasteiger partial charge in [-0.05, 0) is 36.8 Å². The van der Waals surface area contributed by atoms with Crippen molar-refractivity contribution in [1.29, 1.82) is 0 Å². The summed E-state index contributed by atoms with van der Waals surface area (Å²) in [5, 5.41) is 9.19. The zero-order chi connectivity index (χ0) is 14.5. The van der Waals surface area contributed by atoms with Gasteiger partial charge in [-0.1, -0.05) is 24.3 Å². The van der Waals surface area contributed by atoms with Gasteiger partial charge >= 0.3 is 5.97 Å². The van der Waals surface area contributed by atoms with E-state index in [9.17, 15) is 14.3 Å². The third kappa shape index (κ3) is 3.15. The van der Waals surface area contributed by atoms with Crippen molar-refractivity contribution < 1.29 is 14.3 Å². The van der Waals surface area contributed by atoms with Crippen LogP contribution in [0.1, 0.15) is 22.8 Å². The highest BCUT2D eigenvalue weighted by molar-refractivity contribution is 5.89. The van der Waals surface area contributed by atoms with Gasteiger partial charge < -0.3 is 10.0 Å². The smallest absolute Gasteiger partial charge is 0.336 e. The standard InChI is InChI=1S/C16H16FNO2/c1-2-18(14-8-5-7-13(17)10-14)11-12-6-3-4-9-15(12)16(19)20/h3-10H,2,11H2,1H3,(H,19,20). The first-order chi connectivity index (χ1) is 9.61. The summed E-state index contributed by atoms with van der Waals surface area (Å²) in [6.07, 6.45) is 0. The average Bonchev–Trinajstić information content (AvgIpc) is 2.45. The van der Waals surface area contributed by atoms with Gasteiger partial charge in [0.15, 0.2) is 0 Å². The first-order valence-corrected chi connectivity index (χ1v) is 6.43. The Bertz CT molecular complexity index is 613. The van der Waals surface area contributed by atoms with Crippen molar-refractivity contribution in [2.24, 2.45) is 0 Å². The molecule has 0 bridgehead atoms. The Hall–Kier alpha value is -2.36. The van der Waals surface area contributed by atoms with Gasteiger partial charge in [0.25, 0.3) is 0 Å². The molecule has 0 radical (unpaired) electrons. The molecule has 0 amide bonds.